The summed E-state index contributed by atoms with van der Waals surface area (Å²) in [5.74, 6) is -0.0525. The van der Waals surface area contributed by atoms with E-state index in [0.29, 0.717) is 10.9 Å². The van der Waals surface area contributed by atoms with E-state index in [1.54, 1.807) is 0 Å². The van der Waals surface area contributed by atoms with E-state index in [1.165, 1.54) is 0 Å². The number of amides is 1. The van der Waals surface area contributed by atoms with Crippen LogP contribution >= 0.6 is 31.9 Å². The van der Waals surface area contributed by atoms with Gasteiger partial charge in [0.25, 0.3) is 5.91 Å². The van der Waals surface area contributed by atoms with E-state index in [4.69, 9.17) is 0 Å². The van der Waals surface area contributed by atoms with Gasteiger partial charge < -0.3 is 5.32 Å². The highest BCUT2D eigenvalue weighted by Gasteiger charge is 2.15. The molecule has 2 nitrogen and oxygen atoms in total. The third kappa shape index (κ3) is 3.70. The quantitative estimate of drug-likeness (QED) is 0.750. The molecule has 104 valence electrons. The third-order valence-electron chi connectivity index (χ3n) is 3.09. The van der Waals surface area contributed by atoms with Gasteiger partial charge in [0.1, 0.15) is 0 Å². The Labute approximate surface area is 135 Å². The summed E-state index contributed by atoms with van der Waals surface area (Å²) in [6, 6.07) is 15.6. The fraction of sp³-hybridized carbons (Fsp3) is 0.188. The Morgan fingerprint density at radius 1 is 1.20 bits per heavy atom. The third-order valence-corrected chi connectivity index (χ3v) is 4.24. The minimum atomic E-state index is -0.0525. The molecule has 0 saturated carbocycles. The SMILES string of the molecule is Cc1cc(Br)ccc1C(=O)NC(CBr)c1ccccc1. The molecule has 0 aliphatic carbocycles. The van der Waals surface area contributed by atoms with E-state index in [1.807, 2.05) is 55.5 Å². The van der Waals surface area contributed by atoms with Crippen molar-refractivity contribution in [1.82, 2.24) is 5.32 Å². The number of nitrogens with one attached hydrogen (secondary N) is 1. The maximum atomic E-state index is 12.4. The molecule has 0 saturated heterocycles. The molecule has 1 N–H and O–H groups in total. The molecule has 0 aliphatic heterocycles. The minimum absolute atomic E-state index is 0.0354. The van der Waals surface area contributed by atoms with E-state index in [0.717, 1.165) is 15.6 Å². The first-order chi connectivity index (χ1) is 9.61. The van der Waals surface area contributed by atoms with Crippen molar-refractivity contribution >= 4 is 37.8 Å². The summed E-state index contributed by atoms with van der Waals surface area (Å²) in [5, 5.41) is 3.74. The molecule has 0 bridgehead atoms. The molecule has 2 aromatic carbocycles. The normalized spacial score (nSPS) is 11.9. The number of carbonyl (C=O) groups is 1. The van der Waals surface area contributed by atoms with Crippen LogP contribution in [0.25, 0.3) is 0 Å². The second-order valence-electron chi connectivity index (χ2n) is 4.55. The second-order valence-corrected chi connectivity index (χ2v) is 6.11. The highest BCUT2D eigenvalue weighted by molar-refractivity contribution is 9.10. The van der Waals surface area contributed by atoms with Crippen LogP contribution in [-0.2, 0) is 0 Å². The smallest absolute Gasteiger partial charge is 0.252 e. The zero-order chi connectivity index (χ0) is 14.5. The van der Waals surface area contributed by atoms with Crippen molar-refractivity contribution in [3.8, 4) is 0 Å². The lowest BCUT2D eigenvalue weighted by Gasteiger charge is -2.17. The fourth-order valence-corrected chi connectivity index (χ4v) is 3.03. The Balaban J connectivity index is 2.17. The molecule has 0 radical (unpaired) electrons. The van der Waals surface area contributed by atoms with Gasteiger partial charge >= 0.3 is 0 Å². The molecular weight excluding hydrogens is 382 g/mol. The van der Waals surface area contributed by atoms with Crippen LogP contribution in [0.15, 0.2) is 53.0 Å². The predicted molar refractivity (Wildman–Crippen MR) is 89.3 cm³/mol. The van der Waals surface area contributed by atoms with Crippen LogP contribution in [0.4, 0.5) is 0 Å². The molecule has 1 atom stereocenters. The molecule has 1 unspecified atom stereocenters. The first-order valence-electron chi connectivity index (χ1n) is 6.29. The Morgan fingerprint density at radius 3 is 2.50 bits per heavy atom. The van der Waals surface area contributed by atoms with Crippen molar-refractivity contribution in [1.29, 1.82) is 0 Å². The highest BCUT2D eigenvalue weighted by Crippen LogP contribution is 2.19. The summed E-state index contributed by atoms with van der Waals surface area (Å²) in [6.45, 7) is 1.94. The average Bonchev–Trinajstić information content (AvgIpc) is 2.45. The molecule has 0 heterocycles. The van der Waals surface area contributed by atoms with Gasteiger partial charge in [0.2, 0.25) is 0 Å². The molecule has 20 heavy (non-hydrogen) atoms. The van der Waals surface area contributed by atoms with Gasteiger partial charge in [-0.25, -0.2) is 0 Å². The molecule has 0 fully saturated rings. The van der Waals surface area contributed by atoms with Crippen molar-refractivity contribution in [2.24, 2.45) is 0 Å². The van der Waals surface area contributed by atoms with Gasteiger partial charge in [-0.1, -0.05) is 62.2 Å². The van der Waals surface area contributed by atoms with Gasteiger partial charge in [-0.2, -0.15) is 0 Å². The maximum Gasteiger partial charge on any atom is 0.252 e. The zero-order valence-corrected chi connectivity index (χ0v) is 14.2. The number of hydrogen-bond donors (Lipinski definition) is 1. The van der Waals surface area contributed by atoms with Crippen LogP contribution < -0.4 is 5.32 Å². The monoisotopic (exact) mass is 395 g/mol. The molecule has 0 spiro atoms. The van der Waals surface area contributed by atoms with Crippen molar-refractivity contribution in [2.75, 3.05) is 5.33 Å². The number of alkyl halides is 1. The lowest BCUT2D eigenvalue weighted by atomic mass is 10.1. The number of rotatable bonds is 4. The predicted octanol–water partition coefficient (Wildman–Crippen LogP) is 4.62. The summed E-state index contributed by atoms with van der Waals surface area (Å²) in [5.41, 5.74) is 2.75. The van der Waals surface area contributed by atoms with Crippen LogP contribution in [-0.4, -0.2) is 11.2 Å². The van der Waals surface area contributed by atoms with Gasteiger partial charge in [-0.15, -0.1) is 0 Å². The molecule has 4 heteroatoms. The summed E-state index contributed by atoms with van der Waals surface area (Å²) in [7, 11) is 0. The fourth-order valence-electron chi connectivity index (χ4n) is 2.01. The van der Waals surface area contributed by atoms with E-state index in [9.17, 15) is 4.79 Å². The standard InChI is InChI=1S/C16H15Br2NO/c1-11-9-13(18)7-8-14(11)16(20)19-15(10-17)12-5-3-2-4-6-12/h2-9,15H,10H2,1H3,(H,19,20). The van der Waals surface area contributed by atoms with E-state index < -0.39 is 0 Å². The average molecular weight is 397 g/mol. The number of hydrogen-bond acceptors (Lipinski definition) is 1. The Morgan fingerprint density at radius 2 is 1.90 bits per heavy atom. The number of halogens is 2. The van der Waals surface area contributed by atoms with Gasteiger partial charge in [-0.3, -0.25) is 4.79 Å². The van der Waals surface area contributed by atoms with Crippen molar-refractivity contribution in [3.05, 3.63) is 69.7 Å². The first-order valence-corrected chi connectivity index (χ1v) is 8.21. The summed E-state index contributed by atoms with van der Waals surface area (Å²) in [4.78, 5) is 12.4. The first kappa shape index (κ1) is 15.3. The van der Waals surface area contributed by atoms with Crippen molar-refractivity contribution in [3.63, 3.8) is 0 Å². The Hall–Kier alpha value is -1.13. The maximum absolute atomic E-state index is 12.4. The van der Waals surface area contributed by atoms with Gasteiger partial charge in [0.15, 0.2) is 0 Å². The number of carbonyl (C=O) groups excluding carboxylic acids is 1. The van der Waals surface area contributed by atoms with Crippen LogP contribution in [0.5, 0.6) is 0 Å². The van der Waals surface area contributed by atoms with E-state index >= 15 is 0 Å². The van der Waals surface area contributed by atoms with Crippen LogP contribution in [0.2, 0.25) is 0 Å². The van der Waals surface area contributed by atoms with Crippen LogP contribution in [0, 0.1) is 6.92 Å². The van der Waals surface area contributed by atoms with Gasteiger partial charge in [0, 0.05) is 15.4 Å². The van der Waals surface area contributed by atoms with Crippen LogP contribution in [0.1, 0.15) is 27.5 Å². The summed E-state index contributed by atoms with van der Waals surface area (Å²) >= 11 is 6.87. The summed E-state index contributed by atoms with van der Waals surface area (Å²) in [6.07, 6.45) is 0. The molecular formula is C16H15Br2NO. The molecule has 1 amide bonds. The molecule has 0 aliphatic rings. The zero-order valence-electron chi connectivity index (χ0n) is 11.1. The Kier molecular flexibility index (Phi) is 5.38. The minimum Gasteiger partial charge on any atom is -0.344 e. The summed E-state index contributed by atoms with van der Waals surface area (Å²) < 4.78 is 0.978. The molecule has 0 aromatic heterocycles. The van der Waals surface area contributed by atoms with Gasteiger partial charge in [0.05, 0.1) is 6.04 Å². The molecule has 2 aromatic rings. The topological polar surface area (TPSA) is 29.1 Å². The Bertz CT molecular complexity index is 599. The second kappa shape index (κ2) is 7.04. The van der Waals surface area contributed by atoms with Crippen molar-refractivity contribution < 1.29 is 4.79 Å². The van der Waals surface area contributed by atoms with Crippen LogP contribution in [0.3, 0.4) is 0 Å². The lowest BCUT2D eigenvalue weighted by Crippen LogP contribution is -2.30. The van der Waals surface area contributed by atoms with Crippen molar-refractivity contribution in [2.45, 2.75) is 13.0 Å². The highest BCUT2D eigenvalue weighted by atomic mass is 79.9. The van der Waals surface area contributed by atoms with Gasteiger partial charge in [-0.05, 0) is 36.2 Å². The molecule has 2 rings (SSSR count). The number of benzene rings is 2. The number of aryl methyl sites for hydroxylation is 1. The van der Waals surface area contributed by atoms with E-state index in [2.05, 4.69) is 37.2 Å². The largest absolute Gasteiger partial charge is 0.344 e. The lowest BCUT2D eigenvalue weighted by molar-refractivity contribution is 0.0940. The van der Waals surface area contributed by atoms with E-state index in [-0.39, 0.29) is 11.9 Å².